The lowest BCUT2D eigenvalue weighted by Crippen LogP contribution is -2.45. The molecule has 0 aromatic heterocycles. The van der Waals surface area contributed by atoms with Crippen LogP contribution < -0.4 is 25.5 Å². The molecule has 0 spiro atoms. The fraction of sp³-hybridized carbons (Fsp3) is 0.250. The highest BCUT2D eigenvalue weighted by molar-refractivity contribution is 14.1. The SMILES string of the molecule is CCOC(=O)C1=C(C)NC(=S)N[C@H]1c1ccccc1OCC(=O)NN=Cc1cc(I)cc(OC)c1O. The number of hydrazone groups is 1. The summed E-state index contributed by atoms with van der Waals surface area (Å²) >= 11 is 7.36. The maximum Gasteiger partial charge on any atom is 0.338 e. The number of para-hydroxylation sites is 1. The summed E-state index contributed by atoms with van der Waals surface area (Å²) in [5.74, 6) is -0.418. The number of nitrogens with one attached hydrogen (secondary N) is 3. The minimum atomic E-state index is -0.631. The van der Waals surface area contributed by atoms with E-state index in [0.29, 0.717) is 39.0 Å². The molecule has 0 radical (unpaired) electrons. The van der Waals surface area contributed by atoms with Gasteiger partial charge in [-0.15, -0.1) is 0 Å². The number of esters is 1. The Balaban J connectivity index is 1.72. The molecule has 3 rings (SSSR count). The van der Waals surface area contributed by atoms with Gasteiger partial charge in [-0.1, -0.05) is 18.2 Å². The Morgan fingerprint density at radius 1 is 1.28 bits per heavy atom. The van der Waals surface area contributed by atoms with Crippen molar-refractivity contribution in [1.29, 1.82) is 0 Å². The van der Waals surface area contributed by atoms with Crippen LogP contribution in [0.15, 0.2) is 52.8 Å². The molecule has 10 nitrogen and oxygen atoms in total. The first-order chi connectivity index (χ1) is 17.2. The molecule has 12 heteroatoms. The third kappa shape index (κ3) is 6.63. The van der Waals surface area contributed by atoms with E-state index in [1.54, 1.807) is 50.2 Å². The number of hydrogen-bond acceptors (Lipinski definition) is 8. The van der Waals surface area contributed by atoms with E-state index in [0.717, 1.165) is 3.57 Å². The lowest BCUT2D eigenvalue weighted by Gasteiger charge is -2.30. The van der Waals surface area contributed by atoms with Crippen LogP contribution in [0.25, 0.3) is 0 Å². The van der Waals surface area contributed by atoms with Crippen molar-refractivity contribution in [1.82, 2.24) is 16.1 Å². The second-order valence-corrected chi connectivity index (χ2v) is 9.11. The van der Waals surface area contributed by atoms with Gasteiger partial charge in [0.05, 0.1) is 31.5 Å². The van der Waals surface area contributed by atoms with E-state index < -0.39 is 17.9 Å². The summed E-state index contributed by atoms with van der Waals surface area (Å²) in [7, 11) is 1.45. The number of hydrogen-bond donors (Lipinski definition) is 4. The molecule has 1 amide bonds. The van der Waals surface area contributed by atoms with Crippen molar-refractivity contribution in [2.24, 2.45) is 5.10 Å². The molecule has 0 saturated heterocycles. The average molecular weight is 624 g/mol. The molecule has 2 aromatic carbocycles. The molecule has 1 aliphatic heterocycles. The highest BCUT2D eigenvalue weighted by Gasteiger charge is 2.32. The molecule has 1 aliphatic rings. The van der Waals surface area contributed by atoms with Gasteiger partial charge >= 0.3 is 5.97 Å². The molecule has 0 saturated carbocycles. The number of methoxy groups -OCH3 is 1. The van der Waals surface area contributed by atoms with Crippen LogP contribution in [-0.4, -0.2) is 48.6 Å². The number of phenolic OH excluding ortho intramolecular Hbond substituents is 1. The first-order valence-corrected chi connectivity index (χ1v) is 12.3. The lowest BCUT2D eigenvalue weighted by molar-refractivity contribution is -0.139. The molecular weight excluding hydrogens is 599 g/mol. The van der Waals surface area contributed by atoms with Crippen LogP contribution in [0.3, 0.4) is 0 Å². The quantitative estimate of drug-likeness (QED) is 0.109. The normalized spacial score (nSPS) is 15.2. The topological polar surface area (TPSA) is 131 Å². The smallest absolute Gasteiger partial charge is 0.338 e. The van der Waals surface area contributed by atoms with Gasteiger partial charge in [0.15, 0.2) is 23.2 Å². The van der Waals surface area contributed by atoms with E-state index in [1.165, 1.54) is 13.3 Å². The Morgan fingerprint density at radius 2 is 2.03 bits per heavy atom. The maximum absolute atomic E-state index is 12.6. The van der Waals surface area contributed by atoms with Crippen molar-refractivity contribution >= 4 is 58.0 Å². The van der Waals surface area contributed by atoms with E-state index in [1.807, 2.05) is 0 Å². The highest BCUT2D eigenvalue weighted by atomic mass is 127. The predicted octanol–water partition coefficient (Wildman–Crippen LogP) is 2.89. The van der Waals surface area contributed by atoms with Gasteiger partial charge < -0.3 is 30.0 Å². The van der Waals surface area contributed by atoms with Crippen LogP contribution in [0.5, 0.6) is 17.2 Å². The Kier molecular flexibility index (Phi) is 9.47. The van der Waals surface area contributed by atoms with Crippen LogP contribution >= 0.6 is 34.8 Å². The molecule has 4 N–H and O–H groups in total. The summed E-state index contributed by atoms with van der Waals surface area (Å²) in [6.07, 6.45) is 1.31. The minimum absolute atomic E-state index is 0.0887. The average Bonchev–Trinajstić information content (AvgIpc) is 2.84. The molecular formula is C24H25IN4O6S. The number of nitrogens with zero attached hydrogens (tertiary/aromatic N) is 1. The van der Waals surface area contributed by atoms with Gasteiger partial charge in [-0.3, -0.25) is 4.79 Å². The number of benzene rings is 2. The van der Waals surface area contributed by atoms with Crippen molar-refractivity contribution < 1.29 is 28.9 Å². The molecule has 1 heterocycles. The Morgan fingerprint density at radius 3 is 2.75 bits per heavy atom. The van der Waals surface area contributed by atoms with E-state index in [-0.39, 0.29) is 19.0 Å². The van der Waals surface area contributed by atoms with Crippen LogP contribution in [0.2, 0.25) is 0 Å². The molecule has 0 fully saturated rings. The third-order valence-electron chi connectivity index (χ3n) is 5.04. The number of amides is 1. The fourth-order valence-electron chi connectivity index (χ4n) is 3.45. The van der Waals surface area contributed by atoms with Crippen molar-refractivity contribution in [2.45, 2.75) is 19.9 Å². The second kappa shape index (κ2) is 12.5. The summed E-state index contributed by atoms with van der Waals surface area (Å²) in [5, 5.41) is 20.5. The maximum atomic E-state index is 12.6. The van der Waals surface area contributed by atoms with Gasteiger partial charge in [0.1, 0.15) is 5.75 Å². The Hall–Kier alpha value is -3.39. The Bertz CT molecular complexity index is 1230. The Labute approximate surface area is 227 Å². The van der Waals surface area contributed by atoms with Gasteiger partial charge in [-0.25, -0.2) is 10.2 Å². The van der Waals surface area contributed by atoms with Gasteiger partial charge in [0, 0.05) is 20.4 Å². The number of carbonyl (C=O) groups excluding carboxylic acids is 2. The number of rotatable bonds is 9. The first kappa shape index (κ1) is 27.2. The zero-order chi connectivity index (χ0) is 26.2. The van der Waals surface area contributed by atoms with E-state index >= 15 is 0 Å². The van der Waals surface area contributed by atoms with Gasteiger partial charge in [0.2, 0.25) is 0 Å². The predicted molar refractivity (Wildman–Crippen MR) is 146 cm³/mol. The largest absolute Gasteiger partial charge is 0.504 e. The molecule has 0 aliphatic carbocycles. The number of ether oxygens (including phenoxy) is 3. The molecule has 0 bridgehead atoms. The van der Waals surface area contributed by atoms with Crippen LogP contribution in [0, 0.1) is 3.57 Å². The number of allylic oxidation sites excluding steroid dienone is 1. The summed E-state index contributed by atoms with van der Waals surface area (Å²) in [6.45, 7) is 3.34. The van der Waals surface area contributed by atoms with E-state index in [4.69, 9.17) is 26.4 Å². The molecule has 36 heavy (non-hydrogen) atoms. The van der Waals surface area contributed by atoms with Crippen LogP contribution in [0.1, 0.15) is 31.0 Å². The second-order valence-electron chi connectivity index (χ2n) is 7.46. The van der Waals surface area contributed by atoms with E-state index in [2.05, 4.69) is 43.8 Å². The first-order valence-electron chi connectivity index (χ1n) is 10.8. The molecule has 2 aromatic rings. The van der Waals surface area contributed by atoms with Crippen LogP contribution in [-0.2, 0) is 14.3 Å². The lowest BCUT2D eigenvalue weighted by atomic mass is 9.95. The van der Waals surface area contributed by atoms with Gasteiger partial charge in [-0.05, 0) is 66.9 Å². The van der Waals surface area contributed by atoms with Crippen molar-refractivity contribution in [3.63, 3.8) is 0 Å². The van der Waals surface area contributed by atoms with E-state index in [9.17, 15) is 14.7 Å². The monoisotopic (exact) mass is 624 g/mol. The van der Waals surface area contributed by atoms with Crippen molar-refractivity contribution in [3.05, 3.63) is 62.4 Å². The zero-order valence-corrected chi connectivity index (χ0v) is 22.7. The number of halogens is 1. The minimum Gasteiger partial charge on any atom is -0.504 e. The summed E-state index contributed by atoms with van der Waals surface area (Å²) in [4.78, 5) is 25.0. The summed E-state index contributed by atoms with van der Waals surface area (Å²) in [5.41, 5.74) is 4.29. The molecule has 190 valence electrons. The van der Waals surface area contributed by atoms with Gasteiger partial charge in [-0.2, -0.15) is 5.10 Å². The van der Waals surface area contributed by atoms with Crippen molar-refractivity contribution in [2.75, 3.05) is 20.3 Å². The summed E-state index contributed by atoms with van der Waals surface area (Å²) in [6, 6.07) is 9.73. The third-order valence-corrected chi connectivity index (χ3v) is 5.88. The number of thiocarbonyl (C=S) groups is 1. The summed E-state index contributed by atoms with van der Waals surface area (Å²) < 4.78 is 16.9. The number of carbonyl (C=O) groups is 2. The van der Waals surface area contributed by atoms with Crippen molar-refractivity contribution in [3.8, 4) is 17.2 Å². The molecule has 1 atom stereocenters. The number of aromatic hydroxyl groups is 1. The number of phenols is 1. The highest BCUT2D eigenvalue weighted by Crippen LogP contribution is 2.34. The van der Waals surface area contributed by atoms with Gasteiger partial charge in [0.25, 0.3) is 5.91 Å². The zero-order valence-electron chi connectivity index (χ0n) is 19.8. The molecule has 0 unspecified atom stereocenters. The standard InChI is InChI=1S/C24H25IN4O6S/c1-4-34-23(32)20-13(2)27-24(36)28-21(20)16-7-5-6-8-17(16)35-12-19(30)29-26-11-14-9-15(25)10-18(33-3)22(14)31/h5-11,21,31H,4,12H2,1-3H3,(H,29,30)(H2,27,28,36)/t21-/m0/s1. The fourth-order valence-corrected chi connectivity index (χ4v) is 4.34. The van der Waals surface area contributed by atoms with Crippen LogP contribution in [0.4, 0.5) is 0 Å².